The fraction of sp³-hybridized carbons (Fsp3) is 0.364. The van der Waals surface area contributed by atoms with Crippen LogP contribution >= 0.6 is 0 Å². The lowest BCUT2D eigenvalue weighted by atomic mass is 9.81. The summed E-state index contributed by atoms with van der Waals surface area (Å²) in [6.07, 6.45) is 1.41. The monoisotopic (exact) mass is 382 g/mol. The average Bonchev–Trinajstić information content (AvgIpc) is 3.07. The molecule has 146 valence electrons. The molecule has 0 spiro atoms. The zero-order valence-electron chi connectivity index (χ0n) is 15.8. The Morgan fingerprint density at radius 2 is 2.11 bits per heavy atom. The van der Waals surface area contributed by atoms with Gasteiger partial charge in [-0.15, -0.1) is 0 Å². The van der Waals surface area contributed by atoms with Gasteiger partial charge in [-0.2, -0.15) is 5.26 Å². The van der Waals surface area contributed by atoms with E-state index in [0.717, 1.165) is 23.1 Å². The first-order chi connectivity index (χ1) is 13.6. The first-order valence-electron chi connectivity index (χ1n) is 9.39. The molecule has 3 rings (SSSR count). The highest BCUT2D eigenvalue weighted by atomic mass is 19.1. The minimum atomic E-state index is -0.692. The maximum absolute atomic E-state index is 13.5. The lowest BCUT2D eigenvalue weighted by Gasteiger charge is -2.30. The minimum absolute atomic E-state index is 0.167. The number of nitrogens with one attached hydrogen (secondary N) is 1. The van der Waals surface area contributed by atoms with E-state index in [2.05, 4.69) is 11.4 Å². The van der Waals surface area contributed by atoms with Gasteiger partial charge in [-0.1, -0.05) is 18.2 Å². The van der Waals surface area contributed by atoms with Crippen LogP contribution in [0.25, 0.3) is 0 Å². The summed E-state index contributed by atoms with van der Waals surface area (Å²) in [4.78, 5) is 11.4. The molecule has 1 aliphatic heterocycles. The maximum atomic E-state index is 13.5. The molecule has 1 heterocycles. The molecule has 0 aromatic heterocycles. The molecule has 0 aliphatic carbocycles. The molecule has 1 atom stereocenters. The van der Waals surface area contributed by atoms with Gasteiger partial charge >= 0.3 is 5.97 Å². The average molecular weight is 382 g/mol. The third-order valence-corrected chi connectivity index (χ3v) is 4.91. The number of benzene rings is 2. The Morgan fingerprint density at radius 1 is 1.32 bits per heavy atom. The number of nitriles is 1. The van der Waals surface area contributed by atoms with Gasteiger partial charge < -0.3 is 14.8 Å². The van der Waals surface area contributed by atoms with E-state index in [1.807, 2.05) is 12.1 Å². The summed E-state index contributed by atoms with van der Waals surface area (Å²) < 4.78 is 24.6. The number of carbonyl (C=O) groups excluding carboxylic acids is 1. The van der Waals surface area contributed by atoms with Crippen LogP contribution in [0.1, 0.15) is 42.0 Å². The summed E-state index contributed by atoms with van der Waals surface area (Å²) in [5.74, 6) is -0.574. The van der Waals surface area contributed by atoms with Crippen LogP contribution in [0, 0.1) is 17.1 Å². The van der Waals surface area contributed by atoms with Crippen LogP contribution in [0.2, 0.25) is 0 Å². The molecule has 5 nitrogen and oxygen atoms in total. The second-order valence-corrected chi connectivity index (χ2v) is 6.69. The highest BCUT2D eigenvalue weighted by molar-refractivity contribution is 5.71. The number of halogens is 1. The van der Waals surface area contributed by atoms with Crippen LogP contribution in [0.4, 0.5) is 4.39 Å². The number of carbonyl (C=O) groups is 1. The molecular formula is C22H23FN2O3. The summed E-state index contributed by atoms with van der Waals surface area (Å²) in [5.41, 5.74) is 2.75. The summed E-state index contributed by atoms with van der Waals surface area (Å²) in [6.45, 7) is 3.33. The van der Waals surface area contributed by atoms with Gasteiger partial charge in [0.2, 0.25) is 0 Å². The Hall–Kier alpha value is -2.75. The van der Waals surface area contributed by atoms with E-state index in [-0.39, 0.29) is 18.3 Å². The van der Waals surface area contributed by atoms with E-state index in [0.29, 0.717) is 31.7 Å². The Bertz CT molecular complexity index is 876. The van der Waals surface area contributed by atoms with Crippen LogP contribution in [-0.2, 0) is 26.5 Å². The van der Waals surface area contributed by atoms with Crippen LogP contribution in [0.3, 0.4) is 0 Å². The summed E-state index contributed by atoms with van der Waals surface area (Å²) in [7, 11) is 0. The Labute approximate surface area is 164 Å². The molecule has 28 heavy (non-hydrogen) atoms. The van der Waals surface area contributed by atoms with Crippen molar-refractivity contribution >= 4 is 5.97 Å². The fourth-order valence-electron chi connectivity index (χ4n) is 3.63. The summed E-state index contributed by atoms with van der Waals surface area (Å²) in [5, 5.41) is 12.2. The topological polar surface area (TPSA) is 71.3 Å². The smallest absolute Gasteiger partial charge is 0.319 e. The largest absolute Gasteiger partial charge is 0.465 e. The lowest BCUT2D eigenvalue weighted by molar-refractivity contribution is -0.142. The van der Waals surface area contributed by atoms with Crippen molar-refractivity contribution in [2.75, 3.05) is 19.7 Å². The maximum Gasteiger partial charge on any atom is 0.319 e. The quantitative estimate of drug-likeness (QED) is 0.560. The number of nitrogens with zero attached hydrogens (tertiary/aromatic N) is 1. The fourth-order valence-corrected chi connectivity index (χ4v) is 3.63. The third kappa shape index (κ3) is 4.22. The zero-order valence-corrected chi connectivity index (χ0v) is 15.8. The van der Waals surface area contributed by atoms with Crippen molar-refractivity contribution in [1.29, 1.82) is 5.26 Å². The highest BCUT2D eigenvalue weighted by Gasteiger charge is 2.41. The van der Waals surface area contributed by atoms with Crippen molar-refractivity contribution in [1.82, 2.24) is 5.32 Å². The molecule has 1 N–H and O–H groups in total. The minimum Gasteiger partial charge on any atom is -0.465 e. The van der Waals surface area contributed by atoms with Gasteiger partial charge in [0.25, 0.3) is 0 Å². The van der Waals surface area contributed by atoms with Gasteiger partial charge in [-0.05, 0) is 67.3 Å². The number of hydrogen-bond acceptors (Lipinski definition) is 5. The number of rotatable bonds is 8. The standard InChI is InChI=1S/C22H23FN2O3/c1-2-27-21(26)14-25-11-3-10-22(18-5-7-19(23)8-6-18)20-9-4-16(13-24)12-17(20)15-28-22/h4-9,12,25H,2-3,10-11,14-15H2,1H3/t22-/m1/s1. The Kier molecular flexibility index (Phi) is 6.40. The summed E-state index contributed by atoms with van der Waals surface area (Å²) in [6, 6.07) is 14.1. The Balaban J connectivity index is 1.78. The number of ether oxygens (including phenoxy) is 2. The number of fused-ring (bicyclic) bond motifs is 1. The van der Waals surface area contributed by atoms with Crippen LogP contribution < -0.4 is 5.32 Å². The second kappa shape index (κ2) is 8.96. The zero-order chi connectivity index (χ0) is 20.0. The molecule has 0 saturated heterocycles. The van der Waals surface area contributed by atoms with E-state index < -0.39 is 5.60 Å². The van der Waals surface area contributed by atoms with Gasteiger partial charge in [-0.3, -0.25) is 4.79 Å². The third-order valence-electron chi connectivity index (χ3n) is 4.91. The van der Waals surface area contributed by atoms with Crippen LogP contribution in [0.15, 0.2) is 42.5 Å². The first kappa shape index (κ1) is 20.0. The van der Waals surface area contributed by atoms with E-state index >= 15 is 0 Å². The van der Waals surface area contributed by atoms with E-state index in [1.165, 1.54) is 12.1 Å². The SMILES string of the molecule is CCOC(=O)CNCCC[C@]1(c2ccc(F)cc2)OCc2cc(C#N)ccc21. The highest BCUT2D eigenvalue weighted by Crippen LogP contribution is 2.45. The Morgan fingerprint density at radius 3 is 2.82 bits per heavy atom. The molecule has 0 fully saturated rings. The van der Waals surface area contributed by atoms with E-state index in [1.54, 1.807) is 25.1 Å². The molecule has 6 heteroatoms. The molecule has 0 unspecified atom stereocenters. The second-order valence-electron chi connectivity index (χ2n) is 6.69. The molecule has 0 bridgehead atoms. The predicted octanol–water partition coefficient (Wildman–Crippen LogP) is 3.40. The van der Waals surface area contributed by atoms with Crippen LogP contribution in [-0.4, -0.2) is 25.7 Å². The van der Waals surface area contributed by atoms with E-state index in [9.17, 15) is 9.18 Å². The molecule has 2 aromatic rings. The van der Waals surface area contributed by atoms with Crippen molar-refractivity contribution in [3.63, 3.8) is 0 Å². The van der Waals surface area contributed by atoms with Crippen molar-refractivity contribution < 1.29 is 18.7 Å². The molecular weight excluding hydrogens is 359 g/mol. The van der Waals surface area contributed by atoms with Gasteiger partial charge in [0.1, 0.15) is 11.4 Å². The van der Waals surface area contributed by atoms with Gasteiger partial charge in [0.15, 0.2) is 0 Å². The van der Waals surface area contributed by atoms with Gasteiger partial charge in [0.05, 0.1) is 31.4 Å². The molecule has 0 radical (unpaired) electrons. The van der Waals surface area contributed by atoms with Gasteiger partial charge in [0, 0.05) is 0 Å². The normalized spacial score (nSPS) is 17.8. The predicted molar refractivity (Wildman–Crippen MR) is 102 cm³/mol. The molecule has 1 aliphatic rings. The summed E-state index contributed by atoms with van der Waals surface area (Å²) >= 11 is 0. The number of esters is 1. The van der Waals surface area contributed by atoms with Crippen molar-refractivity contribution in [3.05, 3.63) is 70.5 Å². The molecule has 0 amide bonds. The van der Waals surface area contributed by atoms with E-state index in [4.69, 9.17) is 14.7 Å². The van der Waals surface area contributed by atoms with Crippen molar-refractivity contribution in [3.8, 4) is 6.07 Å². The van der Waals surface area contributed by atoms with Crippen LogP contribution in [0.5, 0.6) is 0 Å². The van der Waals surface area contributed by atoms with Crippen molar-refractivity contribution in [2.45, 2.75) is 32.0 Å². The van der Waals surface area contributed by atoms with Crippen molar-refractivity contribution in [2.24, 2.45) is 0 Å². The van der Waals surface area contributed by atoms with Gasteiger partial charge in [-0.25, -0.2) is 4.39 Å². The molecule has 0 saturated carbocycles. The molecule has 2 aromatic carbocycles. The lowest BCUT2D eigenvalue weighted by Crippen LogP contribution is -2.30. The number of hydrogen-bond donors (Lipinski definition) is 1. The first-order valence-corrected chi connectivity index (χ1v) is 9.39.